The van der Waals surface area contributed by atoms with Gasteiger partial charge in [0.15, 0.2) is 0 Å². The molecule has 1 amide bonds. The molecule has 29 heavy (non-hydrogen) atoms. The molecule has 4 aromatic rings. The van der Waals surface area contributed by atoms with Gasteiger partial charge in [0.1, 0.15) is 0 Å². The molecule has 1 aromatic heterocycles. The largest absolute Gasteiger partial charge is 0.322 e. The summed E-state index contributed by atoms with van der Waals surface area (Å²) in [6, 6.07) is 22.1. The number of aromatic nitrogens is 1. The van der Waals surface area contributed by atoms with Crippen molar-refractivity contribution in [2.75, 3.05) is 5.32 Å². The number of amides is 1. The normalized spacial score (nSPS) is 10.9. The monoisotopic (exact) mass is 380 g/mol. The number of fused-ring (bicyclic) bond motifs is 1. The number of para-hydroxylation sites is 1. The summed E-state index contributed by atoms with van der Waals surface area (Å²) in [6.07, 6.45) is 0. The van der Waals surface area contributed by atoms with Crippen LogP contribution >= 0.6 is 0 Å². The van der Waals surface area contributed by atoms with E-state index in [1.807, 2.05) is 56.3 Å². The molecule has 0 saturated carbocycles. The topological polar surface area (TPSA) is 42.0 Å². The highest BCUT2D eigenvalue weighted by molar-refractivity contribution is 6.14. The average Bonchev–Trinajstić information content (AvgIpc) is 2.71. The molecule has 0 unspecified atom stereocenters. The SMILES string of the molecule is Cc1ccc(-c2nc3ccccc3c(C(=O)Nc3ccc(C)c(C)c3)c2C)cc1. The highest BCUT2D eigenvalue weighted by atomic mass is 16.1. The second kappa shape index (κ2) is 7.51. The van der Waals surface area contributed by atoms with Crippen molar-refractivity contribution in [3.63, 3.8) is 0 Å². The Labute approximate surface area is 171 Å². The van der Waals surface area contributed by atoms with Gasteiger partial charge in [0.05, 0.1) is 16.8 Å². The van der Waals surface area contributed by atoms with Crippen LogP contribution in [-0.2, 0) is 0 Å². The van der Waals surface area contributed by atoms with E-state index in [2.05, 4.69) is 43.4 Å². The predicted molar refractivity (Wildman–Crippen MR) is 121 cm³/mol. The standard InChI is InChI=1S/C26H24N2O/c1-16-9-12-20(13-10-16)25-19(4)24(22-7-5-6-8-23(22)28-25)26(29)27-21-14-11-17(2)18(3)15-21/h5-15H,1-4H3,(H,27,29). The van der Waals surface area contributed by atoms with E-state index < -0.39 is 0 Å². The molecule has 0 spiro atoms. The number of nitrogens with one attached hydrogen (secondary N) is 1. The summed E-state index contributed by atoms with van der Waals surface area (Å²) in [4.78, 5) is 18.2. The van der Waals surface area contributed by atoms with Crippen molar-refractivity contribution in [1.29, 1.82) is 0 Å². The summed E-state index contributed by atoms with van der Waals surface area (Å²) in [7, 11) is 0. The van der Waals surface area contributed by atoms with Crippen LogP contribution in [-0.4, -0.2) is 10.9 Å². The zero-order valence-corrected chi connectivity index (χ0v) is 17.2. The number of carbonyl (C=O) groups is 1. The number of pyridine rings is 1. The lowest BCUT2D eigenvalue weighted by Gasteiger charge is -2.15. The average molecular weight is 380 g/mol. The van der Waals surface area contributed by atoms with Gasteiger partial charge < -0.3 is 5.32 Å². The Morgan fingerprint density at radius 1 is 0.828 bits per heavy atom. The zero-order valence-electron chi connectivity index (χ0n) is 17.2. The first-order valence-electron chi connectivity index (χ1n) is 9.79. The number of hydrogen-bond donors (Lipinski definition) is 1. The summed E-state index contributed by atoms with van der Waals surface area (Å²) < 4.78 is 0. The molecule has 4 rings (SSSR count). The quantitative estimate of drug-likeness (QED) is 0.447. The van der Waals surface area contributed by atoms with Crippen molar-refractivity contribution >= 4 is 22.5 Å². The molecule has 0 aliphatic rings. The molecule has 3 aromatic carbocycles. The van der Waals surface area contributed by atoms with Crippen molar-refractivity contribution in [1.82, 2.24) is 4.98 Å². The molecule has 0 saturated heterocycles. The van der Waals surface area contributed by atoms with Crippen LogP contribution in [0.1, 0.15) is 32.6 Å². The van der Waals surface area contributed by atoms with Crippen LogP contribution in [0.3, 0.4) is 0 Å². The summed E-state index contributed by atoms with van der Waals surface area (Å²) in [5, 5.41) is 3.94. The van der Waals surface area contributed by atoms with E-state index in [0.29, 0.717) is 5.56 Å². The number of nitrogens with zero attached hydrogens (tertiary/aromatic N) is 1. The summed E-state index contributed by atoms with van der Waals surface area (Å²) in [5.74, 6) is -0.113. The van der Waals surface area contributed by atoms with Gasteiger partial charge >= 0.3 is 0 Å². The molecule has 0 aliphatic heterocycles. The Bertz CT molecular complexity index is 1220. The molecule has 144 valence electrons. The summed E-state index contributed by atoms with van der Waals surface area (Å²) in [5.41, 5.74) is 8.58. The first-order chi connectivity index (χ1) is 13.9. The molecule has 1 heterocycles. The Morgan fingerprint density at radius 3 is 2.28 bits per heavy atom. The fraction of sp³-hybridized carbons (Fsp3) is 0.154. The van der Waals surface area contributed by atoms with Gasteiger partial charge in [0.2, 0.25) is 0 Å². The van der Waals surface area contributed by atoms with Crippen molar-refractivity contribution in [2.24, 2.45) is 0 Å². The third kappa shape index (κ3) is 3.64. The van der Waals surface area contributed by atoms with E-state index in [-0.39, 0.29) is 5.91 Å². The molecular formula is C26H24N2O. The number of anilines is 1. The molecule has 0 atom stereocenters. The molecule has 0 bridgehead atoms. The Kier molecular flexibility index (Phi) is 4.89. The zero-order chi connectivity index (χ0) is 20.5. The van der Waals surface area contributed by atoms with E-state index in [0.717, 1.165) is 39.0 Å². The van der Waals surface area contributed by atoms with Crippen LogP contribution in [0.2, 0.25) is 0 Å². The maximum absolute atomic E-state index is 13.3. The van der Waals surface area contributed by atoms with Crippen molar-refractivity contribution < 1.29 is 4.79 Å². The minimum Gasteiger partial charge on any atom is -0.322 e. The maximum Gasteiger partial charge on any atom is 0.256 e. The molecular weight excluding hydrogens is 356 g/mol. The van der Waals surface area contributed by atoms with Crippen LogP contribution in [0.5, 0.6) is 0 Å². The Balaban J connectivity index is 1.85. The van der Waals surface area contributed by atoms with Gasteiger partial charge in [-0.25, -0.2) is 4.98 Å². The fourth-order valence-electron chi connectivity index (χ4n) is 3.61. The lowest BCUT2D eigenvalue weighted by Crippen LogP contribution is -2.15. The second-order valence-corrected chi connectivity index (χ2v) is 7.60. The molecule has 3 heteroatoms. The maximum atomic E-state index is 13.3. The highest BCUT2D eigenvalue weighted by Gasteiger charge is 2.19. The van der Waals surface area contributed by atoms with E-state index in [9.17, 15) is 4.79 Å². The lowest BCUT2D eigenvalue weighted by molar-refractivity contribution is 0.102. The minimum absolute atomic E-state index is 0.113. The van der Waals surface area contributed by atoms with E-state index in [1.54, 1.807) is 0 Å². The van der Waals surface area contributed by atoms with Crippen molar-refractivity contribution in [2.45, 2.75) is 27.7 Å². The molecule has 0 aliphatic carbocycles. The second-order valence-electron chi connectivity index (χ2n) is 7.60. The Hall–Kier alpha value is -3.46. The van der Waals surface area contributed by atoms with Crippen LogP contribution in [0.15, 0.2) is 66.7 Å². The van der Waals surface area contributed by atoms with Crippen LogP contribution in [0.4, 0.5) is 5.69 Å². The van der Waals surface area contributed by atoms with E-state index in [4.69, 9.17) is 4.98 Å². The predicted octanol–water partition coefficient (Wildman–Crippen LogP) is 6.39. The molecule has 0 radical (unpaired) electrons. The van der Waals surface area contributed by atoms with E-state index in [1.165, 1.54) is 11.1 Å². The van der Waals surface area contributed by atoms with Crippen LogP contribution < -0.4 is 5.32 Å². The number of hydrogen-bond acceptors (Lipinski definition) is 2. The summed E-state index contributed by atoms with van der Waals surface area (Å²) in [6.45, 7) is 8.15. The van der Waals surface area contributed by atoms with Gasteiger partial charge in [0, 0.05) is 16.6 Å². The number of carbonyl (C=O) groups excluding carboxylic acids is 1. The third-order valence-corrected chi connectivity index (χ3v) is 5.45. The number of rotatable bonds is 3. The number of benzene rings is 3. The van der Waals surface area contributed by atoms with Gasteiger partial charge in [-0.1, -0.05) is 54.1 Å². The van der Waals surface area contributed by atoms with Gasteiger partial charge in [-0.15, -0.1) is 0 Å². The molecule has 0 fully saturated rings. The van der Waals surface area contributed by atoms with Gasteiger partial charge in [-0.2, -0.15) is 0 Å². The fourth-order valence-corrected chi connectivity index (χ4v) is 3.61. The minimum atomic E-state index is -0.113. The van der Waals surface area contributed by atoms with Crippen molar-refractivity contribution in [3.05, 3.63) is 94.5 Å². The first-order valence-corrected chi connectivity index (χ1v) is 9.79. The van der Waals surface area contributed by atoms with Gasteiger partial charge in [-0.05, 0) is 62.6 Å². The third-order valence-electron chi connectivity index (χ3n) is 5.45. The van der Waals surface area contributed by atoms with Gasteiger partial charge in [0.25, 0.3) is 5.91 Å². The van der Waals surface area contributed by atoms with E-state index >= 15 is 0 Å². The first kappa shape index (κ1) is 18.9. The number of aryl methyl sites for hydroxylation is 3. The molecule has 1 N–H and O–H groups in total. The highest BCUT2D eigenvalue weighted by Crippen LogP contribution is 2.30. The van der Waals surface area contributed by atoms with Crippen molar-refractivity contribution in [3.8, 4) is 11.3 Å². The summed E-state index contributed by atoms with van der Waals surface area (Å²) >= 11 is 0. The lowest BCUT2D eigenvalue weighted by atomic mass is 9.96. The molecule has 3 nitrogen and oxygen atoms in total. The Morgan fingerprint density at radius 2 is 1.55 bits per heavy atom. The van der Waals surface area contributed by atoms with Gasteiger partial charge in [-0.3, -0.25) is 4.79 Å². The van der Waals surface area contributed by atoms with Crippen LogP contribution in [0.25, 0.3) is 22.2 Å². The smallest absolute Gasteiger partial charge is 0.256 e. The van der Waals surface area contributed by atoms with Crippen LogP contribution in [0, 0.1) is 27.7 Å².